The molecule has 0 heterocycles. The molecule has 0 saturated heterocycles. The van der Waals surface area contributed by atoms with Gasteiger partial charge in [-0.3, -0.25) is 0 Å². The van der Waals surface area contributed by atoms with E-state index in [1.165, 1.54) is 6.07 Å². The van der Waals surface area contributed by atoms with Gasteiger partial charge in [-0.1, -0.05) is 12.1 Å². The van der Waals surface area contributed by atoms with Crippen molar-refractivity contribution in [2.75, 3.05) is 20.3 Å². The highest BCUT2D eigenvalue weighted by Crippen LogP contribution is 2.33. The fourth-order valence-electron chi connectivity index (χ4n) is 2.64. The summed E-state index contributed by atoms with van der Waals surface area (Å²) in [6.07, 6.45) is 2.33. The monoisotopic (exact) mass is 253 g/mol. The van der Waals surface area contributed by atoms with Gasteiger partial charge in [0.1, 0.15) is 5.82 Å². The van der Waals surface area contributed by atoms with Crippen LogP contribution in [-0.2, 0) is 11.2 Å². The normalized spacial score (nSPS) is 19.8. The molecule has 1 aromatic carbocycles. The van der Waals surface area contributed by atoms with Gasteiger partial charge in [0.15, 0.2) is 0 Å². The Balaban J connectivity index is 2.06. The molecule has 2 N–H and O–H groups in total. The van der Waals surface area contributed by atoms with Gasteiger partial charge in [-0.15, -0.1) is 0 Å². The summed E-state index contributed by atoms with van der Waals surface area (Å²) >= 11 is 0. The average molecular weight is 253 g/mol. The zero-order valence-corrected chi connectivity index (χ0v) is 10.7. The van der Waals surface area contributed by atoms with Gasteiger partial charge in [-0.25, -0.2) is 4.39 Å². The summed E-state index contributed by atoms with van der Waals surface area (Å²) in [5.74, 6) is -0.109. The maximum Gasteiger partial charge on any atom is 0.126 e. The Morgan fingerprint density at radius 1 is 1.56 bits per heavy atom. The first-order valence-corrected chi connectivity index (χ1v) is 6.39. The van der Waals surface area contributed by atoms with Crippen molar-refractivity contribution in [3.8, 4) is 0 Å². The van der Waals surface area contributed by atoms with Gasteiger partial charge in [0.2, 0.25) is 0 Å². The predicted molar refractivity (Wildman–Crippen MR) is 68.0 cm³/mol. The fraction of sp³-hybridized carbons (Fsp3) is 0.571. The third-order valence-corrected chi connectivity index (χ3v) is 3.50. The van der Waals surface area contributed by atoms with E-state index in [1.807, 2.05) is 6.07 Å². The minimum Gasteiger partial charge on any atom is -0.396 e. The zero-order valence-electron chi connectivity index (χ0n) is 10.7. The molecule has 1 aromatic rings. The summed E-state index contributed by atoms with van der Waals surface area (Å²) in [6, 6.07) is 5.53. The molecule has 2 rings (SSSR count). The highest BCUT2D eigenvalue weighted by Gasteiger charge is 2.26. The van der Waals surface area contributed by atoms with Crippen molar-refractivity contribution in [3.05, 3.63) is 35.1 Å². The van der Waals surface area contributed by atoms with E-state index < -0.39 is 0 Å². The Morgan fingerprint density at radius 3 is 3.11 bits per heavy atom. The summed E-state index contributed by atoms with van der Waals surface area (Å²) in [6.45, 7) is 0.686. The van der Waals surface area contributed by atoms with Gasteiger partial charge in [-0.2, -0.15) is 0 Å². The second-order valence-corrected chi connectivity index (χ2v) is 4.73. The van der Waals surface area contributed by atoms with Gasteiger partial charge in [0.05, 0.1) is 6.61 Å². The van der Waals surface area contributed by atoms with Crippen molar-refractivity contribution in [1.29, 1.82) is 0 Å². The molecule has 3 nitrogen and oxygen atoms in total. The first-order valence-electron chi connectivity index (χ1n) is 6.39. The van der Waals surface area contributed by atoms with Crippen molar-refractivity contribution in [2.45, 2.75) is 31.3 Å². The molecule has 1 aliphatic rings. The van der Waals surface area contributed by atoms with E-state index in [2.05, 4.69) is 5.32 Å². The molecular weight excluding hydrogens is 233 g/mol. The number of methoxy groups -OCH3 is 1. The molecule has 0 fully saturated rings. The molecule has 0 aromatic heterocycles. The molecule has 4 heteroatoms. The topological polar surface area (TPSA) is 41.5 Å². The Hall–Kier alpha value is -0.970. The number of nitrogens with one attached hydrogen (secondary N) is 1. The highest BCUT2D eigenvalue weighted by molar-refractivity contribution is 5.35. The molecule has 0 saturated carbocycles. The van der Waals surface area contributed by atoms with Crippen LogP contribution >= 0.6 is 0 Å². The van der Waals surface area contributed by atoms with Crippen LogP contribution in [0.5, 0.6) is 0 Å². The van der Waals surface area contributed by atoms with E-state index in [-0.39, 0.29) is 24.5 Å². The van der Waals surface area contributed by atoms with Crippen molar-refractivity contribution < 1.29 is 14.2 Å². The quantitative estimate of drug-likeness (QED) is 0.812. The molecule has 0 aliphatic heterocycles. The van der Waals surface area contributed by atoms with Crippen molar-refractivity contribution in [3.63, 3.8) is 0 Å². The number of rotatable bonds is 6. The lowest BCUT2D eigenvalue weighted by Gasteiger charge is -2.22. The summed E-state index contributed by atoms with van der Waals surface area (Å²) in [7, 11) is 1.65. The Bertz CT molecular complexity index is 391. The van der Waals surface area contributed by atoms with E-state index in [1.54, 1.807) is 13.2 Å². The smallest absolute Gasteiger partial charge is 0.126 e. The van der Waals surface area contributed by atoms with Crippen LogP contribution < -0.4 is 5.32 Å². The number of hydrogen-bond acceptors (Lipinski definition) is 3. The largest absolute Gasteiger partial charge is 0.396 e. The van der Waals surface area contributed by atoms with E-state index in [0.29, 0.717) is 13.0 Å². The van der Waals surface area contributed by atoms with Crippen LogP contribution in [0.2, 0.25) is 0 Å². The number of halogens is 1. The van der Waals surface area contributed by atoms with Crippen LogP contribution in [0.15, 0.2) is 18.2 Å². The second-order valence-electron chi connectivity index (χ2n) is 4.73. The molecular formula is C14H20FNO2. The van der Waals surface area contributed by atoms with Crippen LogP contribution in [0.3, 0.4) is 0 Å². The number of hydrogen-bond donors (Lipinski definition) is 2. The first-order chi connectivity index (χ1) is 8.76. The molecule has 0 amide bonds. The lowest BCUT2D eigenvalue weighted by molar-refractivity contribution is 0.142. The highest BCUT2D eigenvalue weighted by atomic mass is 19.1. The summed E-state index contributed by atoms with van der Waals surface area (Å²) in [4.78, 5) is 0. The second kappa shape index (κ2) is 6.27. The van der Waals surface area contributed by atoms with Gasteiger partial charge < -0.3 is 15.2 Å². The molecule has 0 spiro atoms. The summed E-state index contributed by atoms with van der Waals surface area (Å²) in [5.41, 5.74) is 1.88. The maximum absolute atomic E-state index is 13.6. The number of ether oxygens (including phenoxy) is 1. The molecule has 0 radical (unpaired) electrons. The number of benzene rings is 1. The first kappa shape index (κ1) is 13.5. The number of aliphatic hydroxyl groups excluding tert-OH is 1. The Morgan fingerprint density at radius 2 is 2.39 bits per heavy atom. The van der Waals surface area contributed by atoms with Gasteiger partial charge in [0, 0.05) is 25.8 Å². The molecule has 2 unspecified atom stereocenters. The zero-order chi connectivity index (χ0) is 13.0. The van der Waals surface area contributed by atoms with Gasteiger partial charge >= 0.3 is 0 Å². The van der Waals surface area contributed by atoms with E-state index in [9.17, 15) is 4.39 Å². The van der Waals surface area contributed by atoms with Crippen molar-refractivity contribution >= 4 is 0 Å². The number of fused-ring (bicyclic) bond motifs is 1. The molecule has 100 valence electrons. The van der Waals surface area contributed by atoms with E-state index >= 15 is 0 Å². The predicted octanol–water partition coefficient (Wildman–Crippen LogP) is 1.80. The van der Waals surface area contributed by atoms with E-state index in [0.717, 1.165) is 24.0 Å². The lowest BCUT2D eigenvalue weighted by Crippen LogP contribution is -2.36. The maximum atomic E-state index is 13.6. The van der Waals surface area contributed by atoms with Crippen molar-refractivity contribution in [1.82, 2.24) is 5.32 Å². The van der Waals surface area contributed by atoms with Crippen LogP contribution in [0, 0.1) is 5.82 Å². The fourth-order valence-corrected chi connectivity index (χ4v) is 2.64. The number of aliphatic hydroxyl groups is 1. The van der Waals surface area contributed by atoms with Gasteiger partial charge in [-0.05, 0) is 36.5 Å². The minimum atomic E-state index is -0.109. The lowest BCUT2D eigenvalue weighted by atomic mass is 10.1. The molecule has 0 bridgehead atoms. The summed E-state index contributed by atoms with van der Waals surface area (Å²) < 4.78 is 18.7. The average Bonchev–Trinajstić information content (AvgIpc) is 2.75. The van der Waals surface area contributed by atoms with Crippen LogP contribution in [-0.4, -0.2) is 31.5 Å². The van der Waals surface area contributed by atoms with Crippen LogP contribution in [0.25, 0.3) is 0 Å². The SMILES string of the molecule is COCC(CCO)NC1CCc2c(F)cccc21. The molecule has 2 atom stereocenters. The standard InChI is InChI=1S/C14H20FNO2/c1-18-9-10(7-8-17)16-14-6-5-11-12(14)3-2-4-13(11)15/h2-4,10,14,16-17H,5-9H2,1H3. The van der Waals surface area contributed by atoms with E-state index in [4.69, 9.17) is 9.84 Å². The Kier molecular flexibility index (Phi) is 4.69. The third kappa shape index (κ3) is 2.88. The molecule has 18 heavy (non-hydrogen) atoms. The van der Waals surface area contributed by atoms with Crippen molar-refractivity contribution in [2.24, 2.45) is 0 Å². The van der Waals surface area contributed by atoms with Crippen LogP contribution in [0.4, 0.5) is 4.39 Å². The third-order valence-electron chi connectivity index (χ3n) is 3.50. The molecule has 1 aliphatic carbocycles. The van der Waals surface area contributed by atoms with Crippen LogP contribution in [0.1, 0.15) is 30.0 Å². The minimum absolute atomic E-state index is 0.109. The summed E-state index contributed by atoms with van der Waals surface area (Å²) in [5, 5.41) is 12.5. The Labute approximate surface area is 107 Å². The van der Waals surface area contributed by atoms with Gasteiger partial charge in [0.25, 0.3) is 0 Å².